The summed E-state index contributed by atoms with van der Waals surface area (Å²) in [6.07, 6.45) is 3.30. The van der Waals surface area contributed by atoms with Crippen molar-refractivity contribution in [3.8, 4) is 0 Å². The molecule has 6 rings (SSSR count). The van der Waals surface area contributed by atoms with Gasteiger partial charge in [0.1, 0.15) is 5.69 Å². The molecule has 4 aromatic rings. The monoisotopic (exact) mass is 653 g/mol. The van der Waals surface area contributed by atoms with Crippen LogP contribution in [0.1, 0.15) is 67.3 Å². The second-order valence-electron chi connectivity index (χ2n) is 11.8. The summed E-state index contributed by atoms with van der Waals surface area (Å²) in [6, 6.07) is 26.7. The summed E-state index contributed by atoms with van der Waals surface area (Å²) in [5.74, 6) is -0.256. The van der Waals surface area contributed by atoms with Crippen LogP contribution in [-0.4, -0.2) is 52.7 Å². The Bertz CT molecular complexity index is 1670. The van der Waals surface area contributed by atoms with Gasteiger partial charge in [0, 0.05) is 67.3 Å². The van der Waals surface area contributed by atoms with Crippen molar-refractivity contribution in [2.75, 3.05) is 26.0 Å². The third-order valence-corrected chi connectivity index (χ3v) is 9.35. The maximum atomic E-state index is 13.3. The smallest absolute Gasteiger partial charge is 0.268 e. The molecule has 226 valence electrons. The summed E-state index contributed by atoms with van der Waals surface area (Å²) >= 11 is 3.38. The normalized spacial score (nSPS) is 15.2. The molecule has 1 aliphatic carbocycles. The van der Waals surface area contributed by atoms with Crippen molar-refractivity contribution in [3.63, 3.8) is 0 Å². The van der Waals surface area contributed by atoms with Crippen LogP contribution in [0.3, 0.4) is 0 Å². The van der Waals surface area contributed by atoms with Gasteiger partial charge in [0.15, 0.2) is 0 Å². The molecule has 1 spiro atoms. The van der Waals surface area contributed by atoms with Gasteiger partial charge in [-0.25, -0.2) is 0 Å². The van der Waals surface area contributed by atoms with Gasteiger partial charge in [-0.2, -0.15) is 0 Å². The van der Waals surface area contributed by atoms with Crippen molar-refractivity contribution in [3.05, 3.63) is 123 Å². The van der Waals surface area contributed by atoms with Crippen LogP contribution in [0, 0.1) is 0 Å². The van der Waals surface area contributed by atoms with Gasteiger partial charge >= 0.3 is 0 Å². The minimum atomic E-state index is -0.172. The van der Waals surface area contributed by atoms with Crippen molar-refractivity contribution in [2.45, 2.75) is 44.4 Å². The number of nitrogens with zero attached hydrogens (tertiary/aromatic N) is 3. The predicted octanol–water partition coefficient (Wildman–Crippen LogP) is 6.03. The fourth-order valence-electron chi connectivity index (χ4n) is 6.24. The largest absolute Gasteiger partial charge is 0.347 e. The van der Waals surface area contributed by atoms with E-state index >= 15 is 0 Å². The number of halogens is 1. The minimum Gasteiger partial charge on any atom is -0.347 e. The van der Waals surface area contributed by atoms with Gasteiger partial charge in [0.25, 0.3) is 17.7 Å². The van der Waals surface area contributed by atoms with Crippen LogP contribution in [0.15, 0.2) is 89.4 Å². The standard InChI is InChI=1S/C35H36BrN5O3/c1-39(2)34(44)27-8-4-25(5-9-27)23-40-20-21-41-30(16-17-31(41)35(40)18-3-19-35)33(43)37-22-24-6-14-29(15-7-24)38-32(42)26-10-12-28(36)13-11-26/h4-17H,3,18-23H2,1-2H3,(H,37,43)(H,38,42). The molecule has 0 radical (unpaired) electrons. The first-order valence-electron chi connectivity index (χ1n) is 14.9. The highest BCUT2D eigenvalue weighted by Crippen LogP contribution is 2.49. The first-order valence-corrected chi connectivity index (χ1v) is 15.7. The van der Waals surface area contributed by atoms with E-state index in [2.05, 4.69) is 54.2 Å². The Morgan fingerprint density at radius 1 is 0.795 bits per heavy atom. The topological polar surface area (TPSA) is 86.7 Å². The molecule has 0 atom stereocenters. The number of rotatable bonds is 8. The van der Waals surface area contributed by atoms with E-state index in [0.717, 1.165) is 42.5 Å². The number of carbonyl (C=O) groups excluding carboxylic acids is 3. The minimum absolute atomic E-state index is 0.00622. The van der Waals surface area contributed by atoms with Gasteiger partial charge in [-0.05, 0) is 91.1 Å². The summed E-state index contributed by atoms with van der Waals surface area (Å²) in [4.78, 5) is 42.3. The van der Waals surface area contributed by atoms with E-state index in [1.165, 1.54) is 17.7 Å². The molecule has 1 fully saturated rings. The maximum absolute atomic E-state index is 13.3. The van der Waals surface area contributed by atoms with E-state index in [9.17, 15) is 14.4 Å². The molecule has 1 saturated carbocycles. The average molecular weight is 655 g/mol. The number of amides is 3. The SMILES string of the molecule is CN(C)C(=O)c1ccc(CN2CCn3c(C(=O)NCc4ccc(NC(=O)c5ccc(Br)cc5)cc4)ccc3C23CCC3)cc1. The quantitative estimate of drug-likeness (QED) is 0.243. The summed E-state index contributed by atoms with van der Waals surface area (Å²) in [5.41, 5.74) is 5.95. The van der Waals surface area contributed by atoms with Crippen LogP contribution in [0.4, 0.5) is 5.69 Å². The first-order chi connectivity index (χ1) is 21.2. The van der Waals surface area contributed by atoms with Crippen molar-refractivity contribution < 1.29 is 14.4 Å². The lowest BCUT2D eigenvalue weighted by molar-refractivity contribution is -0.0217. The zero-order chi connectivity index (χ0) is 30.8. The first kappa shape index (κ1) is 29.8. The number of hydrogen-bond acceptors (Lipinski definition) is 4. The molecule has 0 unspecified atom stereocenters. The molecular weight excluding hydrogens is 618 g/mol. The molecule has 1 aliphatic heterocycles. The number of fused-ring (bicyclic) bond motifs is 2. The molecule has 9 heteroatoms. The summed E-state index contributed by atoms with van der Waals surface area (Å²) < 4.78 is 3.12. The highest BCUT2D eigenvalue weighted by molar-refractivity contribution is 9.10. The Balaban J connectivity index is 1.08. The number of benzene rings is 3. The molecule has 8 nitrogen and oxygen atoms in total. The number of anilines is 1. The average Bonchev–Trinajstić information content (AvgIpc) is 3.44. The van der Waals surface area contributed by atoms with E-state index < -0.39 is 0 Å². The Labute approximate surface area is 266 Å². The van der Waals surface area contributed by atoms with Gasteiger partial charge in [0.2, 0.25) is 0 Å². The zero-order valence-electron chi connectivity index (χ0n) is 25.0. The van der Waals surface area contributed by atoms with Gasteiger partial charge in [-0.3, -0.25) is 19.3 Å². The van der Waals surface area contributed by atoms with Gasteiger partial charge in [-0.1, -0.05) is 40.2 Å². The van der Waals surface area contributed by atoms with Crippen LogP contribution in [0.2, 0.25) is 0 Å². The van der Waals surface area contributed by atoms with Gasteiger partial charge in [0.05, 0.1) is 5.54 Å². The molecule has 3 aromatic carbocycles. The molecule has 2 heterocycles. The van der Waals surface area contributed by atoms with Crippen molar-refractivity contribution >= 4 is 39.3 Å². The maximum Gasteiger partial charge on any atom is 0.268 e. The number of carbonyl (C=O) groups is 3. The lowest BCUT2D eigenvalue weighted by atomic mass is 9.71. The van der Waals surface area contributed by atoms with Crippen molar-refractivity contribution in [2.24, 2.45) is 0 Å². The second-order valence-corrected chi connectivity index (χ2v) is 12.7. The van der Waals surface area contributed by atoms with E-state index in [0.29, 0.717) is 29.1 Å². The molecule has 44 heavy (non-hydrogen) atoms. The Morgan fingerprint density at radius 2 is 1.45 bits per heavy atom. The molecule has 0 saturated heterocycles. The van der Waals surface area contributed by atoms with Gasteiger partial charge in [-0.15, -0.1) is 0 Å². The molecule has 2 N–H and O–H groups in total. The van der Waals surface area contributed by atoms with Crippen molar-refractivity contribution in [1.29, 1.82) is 0 Å². The zero-order valence-corrected chi connectivity index (χ0v) is 26.6. The van der Waals surface area contributed by atoms with Crippen molar-refractivity contribution in [1.82, 2.24) is 19.7 Å². The van der Waals surface area contributed by atoms with E-state index in [-0.39, 0.29) is 23.3 Å². The fourth-order valence-corrected chi connectivity index (χ4v) is 6.50. The van der Waals surface area contributed by atoms with Crippen LogP contribution >= 0.6 is 15.9 Å². The summed E-state index contributed by atoms with van der Waals surface area (Å²) in [6.45, 7) is 2.80. The lowest BCUT2D eigenvalue weighted by Crippen LogP contribution is -2.56. The molecule has 3 amide bonds. The van der Waals surface area contributed by atoms with Crippen LogP contribution in [0.25, 0.3) is 0 Å². The predicted molar refractivity (Wildman–Crippen MR) is 175 cm³/mol. The van der Waals surface area contributed by atoms with Gasteiger partial charge < -0.3 is 20.1 Å². The van der Waals surface area contributed by atoms with Crippen LogP contribution in [0.5, 0.6) is 0 Å². The molecule has 2 aliphatic rings. The number of hydrogen-bond donors (Lipinski definition) is 2. The van der Waals surface area contributed by atoms with Crippen LogP contribution < -0.4 is 10.6 Å². The Kier molecular flexibility index (Phi) is 8.42. The Morgan fingerprint density at radius 3 is 2.09 bits per heavy atom. The third kappa shape index (κ3) is 5.94. The summed E-state index contributed by atoms with van der Waals surface area (Å²) in [7, 11) is 3.53. The highest BCUT2D eigenvalue weighted by atomic mass is 79.9. The molecular formula is C35H36BrN5O3. The lowest BCUT2D eigenvalue weighted by Gasteiger charge is -2.53. The van der Waals surface area contributed by atoms with E-state index in [4.69, 9.17) is 0 Å². The fraction of sp³-hybridized carbons (Fsp3) is 0.286. The number of aromatic nitrogens is 1. The van der Waals surface area contributed by atoms with Crippen LogP contribution in [-0.2, 0) is 25.2 Å². The number of nitrogens with one attached hydrogen (secondary N) is 2. The Hall–Kier alpha value is -4.21. The molecule has 1 aromatic heterocycles. The third-order valence-electron chi connectivity index (χ3n) is 8.82. The highest BCUT2D eigenvalue weighted by Gasteiger charge is 2.48. The second kappa shape index (κ2) is 12.4. The molecule has 0 bridgehead atoms. The van der Waals surface area contributed by atoms with E-state index in [1.807, 2.05) is 54.6 Å². The summed E-state index contributed by atoms with van der Waals surface area (Å²) in [5, 5.41) is 5.99. The van der Waals surface area contributed by atoms with E-state index in [1.54, 1.807) is 31.1 Å².